The third-order valence-corrected chi connectivity index (χ3v) is 4.23. The van der Waals surface area contributed by atoms with Gasteiger partial charge in [-0.3, -0.25) is 0 Å². The average molecular weight is 256 g/mol. The van der Waals surface area contributed by atoms with E-state index >= 15 is 0 Å². The number of aliphatic hydroxyl groups is 1. The summed E-state index contributed by atoms with van der Waals surface area (Å²) in [5.41, 5.74) is 0.929. The number of aryl methyl sites for hydroxylation is 1. The minimum Gasteiger partial charge on any atom is -0.391 e. The maximum Gasteiger partial charge on any atom is 0.185 e. The zero-order valence-electron chi connectivity index (χ0n) is 10.5. The van der Waals surface area contributed by atoms with Gasteiger partial charge in [0.2, 0.25) is 0 Å². The topological polar surface area (TPSA) is 45.6 Å². The molecule has 0 bridgehead atoms. The third kappa shape index (κ3) is 3.66. The second-order valence-electron chi connectivity index (χ2n) is 4.60. The van der Waals surface area contributed by atoms with Gasteiger partial charge in [-0.2, -0.15) is 0 Å². The number of ether oxygens (including phenoxy) is 1. The van der Waals surface area contributed by atoms with Crippen molar-refractivity contribution in [1.29, 1.82) is 0 Å². The van der Waals surface area contributed by atoms with Gasteiger partial charge in [-0.1, -0.05) is 11.3 Å². The summed E-state index contributed by atoms with van der Waals surface area (Å²) in [6.07, 6.45) is 2.67. The average Bonchev–Trinajstić information content (AvgIpc) is 3.06. The summed E-state index contributed by atoms with van der Waals surface area (Å²) in [7, 11) is 2.01. The molecule has 1 aliphatic rings. The van der Waals surface area contributed by atoms with Gasteiger partial charge in [-0.15, -0.1) is 0 Å². The lowest BCUT2D eigenvalue weighted by atomic mass is 10.4. The van der Waals surface area contributed by atoms with E-state index in [9.17, 15) is 0 Å². The van der Waals surface area contributed by atoms with E-state index in [2.05, 4.69) is 9.88 Å². The number of rotatable bonds is 7. The molecule has 17 heavy (non-hydrogen) atoms. The molecule has 1 saturated carbocycles. The molecule has 0 unspecified atom stereocenters. The van der Waals surface area contributed by atoms with Crippen LogP contribution in [0, 0.1) is 12.8 Å². The van der Waals surface area contributed by atoms with Gasteiger partial charge in [0.25, 0.3) is 0 Å². The smallest absolute Gasteiger partial charge is 0.185 e. The van der Waals surface area contributed by atoms with Crippen LogP contribution in [-0.4, -0.2) is 36.9 Å². The van der Waals surface area contributed by atoms with Crippen LogP contribution in [-0.2, 0) is 11.3 Å². The first-order valence-electron chi connectivity index (χ1n) is 6.06. The second kappa shape index (κ2) is 5.80. The standard InChI is InChI=1S/C12H20N2O2S/c1-9-11(7-15)17-12(13-9)14(2)5-6-16-8-10-3-4-10/h10,15H,3-8H2,1-2H3. The summed E-state index contributed by atoms with van der Waals surface area (Å²) in [5, 5.41) is 10.1. The molecular formula is C12H20N2O2S. The largest absolute Gasteiger partial charge is 0.391 e. The van der Waals surface area contributed by atoms with Gasteiger partial charge in [0.15, 0.2) is 5.13 Å². The van der Waals surface area contributed by atoms with Gasteiger partial charge in [-0.25, -0.2) is 4.98 Å². The fraction of sp³-hybridized carbons (Fsp3) is 0.750. The summed E-state index contributed by atoms with van der Waals surface area (Å²) >= 11 is 1.55. The van der Waals surface area contributed by atoms with Crippen LogP contribution >= 0.6 is 11.3 Å². The molecule has 1 heterocycles. The number of aromatic nitrogens is 1. The molecule has 0 aromatic carbocycles. The van der Waals surface area contributed by atoms with Crippen LogP contribution in [0.3, 0.4) is 0 Å². The molecule has 1 aliphatic carbocycles. The highest BCUT2D eigenvalue weighted by Crippen LogP contribution is 2.29. The van der Waals surface area contributed by atoms with Gasteiger partial charge in [0.1, 0.15) is 0 Å². The van der Waals surface area contributed by atoms with Crippen molar-refractivity contribution >= 4 is 16.5 Å². The van der Waals surface area contributed by atoms with E-state index in [1.54, 1.807) is 11.3 Å². The molecule has 1 aromatic heterocycles. The molecule has 0 amide bonds. The molecule has 1 fully saturated rings. The van der Waals surface area contributed by atoms with Gasteiger partial charge >= 0.3 is 0 Å². The van der Waals surface area contributed by atoms with Crippen LogP contribution in [0.1, 0.15) is 23.4 Å². The van der Waals surface area contributed by atoms with Crippen molar-refractivity contribution in [2.45, 2.75) is 26.4 Å². The van der Waals surface area contributed by atoms with E-state index in [0.29, 0.717) is 0 Å². The lowest BCUT2D eigenvalue weighted by Gasteiger charge is -2.15. The lowest BCUT2D eigenvalue weighted by molar-refractivity contribution is 0.131. The highest BCUT2D eigenvalue weighted by Gasteiger charge is 2.21. The van der Waals surface area contributed by atoms with Crippen LogP contribution in [0.2, 0.25) is 0 Å². The summed E-state index contributed by atoms with van der Waals surface area (Å²) in [6, 6.07) is 0. The normalized spacial score (nSPS) is 15.2. The van der Waals surface area contributed by atoms with Gasteiger partial charge in [0.05, 0.1) is 23.8 Å². The van der Waals surface area contributed by atoms with E-state index in [1.165, 1.54) is 12.8 Å². The monoisotopic (exact) mass is 256 g/mol. The molecule has 0 atom stereocenters. The summed E-state index contributed by atoms with van der Waals surface area (Å²) in [6.45, 7) is 4.52. The molecule has 5 heteroatoms. The zero-order valence-corrected chi connectivity index (χ0v) is 11.3. The molecule has 2 rings (SSSR count). The zero-order chi connectivity index (χ0) is 12.3. The van der Waals surface area contributed by atoms with Crippen molar-refractivity contribution in [3.8, 4) is 0 Å². The van der Waals surface area contributed by atoms with Crippen molar-refractivity contribution in [1.82, 2.24) is 4.98 Å². The highest BCUT2D eigenvalue weighted by molar-refractivity contribution is 7.15. The van der Waals surface area contributed by atoms with E-state index in [-0.39, 0.29) is 6.61 Å². The molecule has 4 nitrogen and oxygen atoms in total. The van der Waals surface area contributed by atoms with Crippen molar-refractivity contribution in [2.24, 2.45) is 5.92 Å². The van der Waals surface area contributed by atoms with Crippen LogP contribution in [0.15, 0.2) is 0 Å². The quantitative estimate of drug-likeness (QED) is 0.756. The number of aliphatic hydroxyl groups excluding tert-OH is 1. The molecule has 0 aliphatic heterocycles. The van der Waals surface area contributed by atoms with Crippen LogP contribution in [0.25, 0.3) is 0 Å². The molecule has 0 saturated heterocycles. The minimum atomic E-state index is 0.0789. The van der Waals surface area contributed by atoms with Crippen molar-refractivity contribution in [2.75, 3.05) is 31.7 Å². The fourth-order valence-electron chi connectivity index (χ4n) is 1.55. The first kappa shape index (κ1) is 12.8. The predicted molar refractivity (Wildman–Crippen MR) is 69.6 cm³/mol. The number of likely N-dealkylation sites (N-methyl/N-ethyl adjacent to an activating group) is 1. The van der Waals surface area contributed by atoms with E-state index in [0.717, 1.165) is 41.4 Å². The Balaban J connectivity index is 1.74. The molecule has 1 N–H and O–H groups in total. The summed E-state index contributed by atoms with van der Waals surface area (Å²) in [5.74, 6) is 0.823. The molecule has 96 valence electrons. The van der Waals surface area contributed by atoms with Crippen LogP contribution in [0.5, 0.6) is 0 Å². The first-order chi connectivity index (χ1) is 8.20. The van der Waals surface area contributed by atoms with E-state index < -0.39 is 0 Å². The predicted octanol–water partition coefficient (Wildman–Crippen LogP) is 1.81. The molecule has 1 aromatic rings. The Morgan fingerprint density at radius 3 is 2.88 bits per heavy atom. The Kier molecular flexibility index (Phi) is 4.36. The number of hydrogen-bond acceptors (Lipinski definition) is 5. The number of nitrogens with zero attached hydrogens (tertiary/aromatic N) is 2. The minimum absolute atomic E-state index is 0.0789. The van der Waals surface area contributed by atoms with Gasteiger partial charge in [0, 0.05) is 20.2 Å². The number of hydrogen-bond donors (Lipinski definition) is 1. The lowest BCUT2D eigenvalue weighted by Crippen LogP contribution is -2.22. The van der Waals surface area contributed by atoms with Gasteiger partial charge < -0.3 is 14.7 Å². The number of thiazole rings is 1. The highest BCUT2D eigenvalue weighted by atomic mass is 32.1. The van der Waals surface area contributed by atoms with Crippen LogP contribution < -0.4 is 4.90 Å². The Morgan fingerprint density at radius 1 is 1.53 bits per heavy atom. The molecule has 0 radical (unpaired) electrons. The summed E-state index contributed by atoms with van der Waals surface area (Å²) < 4.78 is 5.60. The fourth-order valence-corrected chi connectivity index (χ4v) is 2.46. The second-order valence-corrected chi connectivity index (χ2v) is 5.67. The van der Waals surface area contributed by atoms with Crippen molar-refractivity contribution < 1.29 is 9.84 Å². The third-order valence-electron chi connectivity index (χ3n) is 2.97. The van der Waals surface area contributed by atoms with Crippen molar-refractivity contribution in [3.63, 3.8) is 0 Å². The van der Waals surface area contributed by atoms with Crippen molar-refractivity contribution in [3.05, 3.63) is 10.6 Å². The Labute approximate surface area is 106 Å². The van der Waals surface area contributed by atoms with E-state index in [4.69, 9.17) is 9.84 Å². The Bertz CT molecular complexity index is 363. The Hall–Kier alpha value is -0.650. The molecule has 0 spiro atoms. The summed E-state index contributed by atoms with van der Waals surface area (Å²) in [4.78, 5) is 7.47. The Morgan fingerprint density at radius 2 is 2.29 bits per heavy atom. The first-order valence-corrected chi connectivity index (χ1v) is 6.88. The maximum absolute atomic E-state index is 9.12. The van der Waals surface area contributed by atoms with Crippen LogP contribution in [0.4, 0.5) is 5.13 Å². The SMILES string of the molecule is Cc1nc(N(C)CCOCC2CC2)sc1CO. The molecular weight excluding hydrogens is 236 g/mol. The van der Waals surface area contributed by atoms with E-state index in [1.807, 2.05) is 14.0 Å². The number of anilines is 1. The van der Waals surface area contributed by atoms with Gasteiger partial charge in [-0.05, 0) is 25.7 Å². The maximum atomic E-state index is 9.12.